The minimum Gasteiger partial charge on any atom is -0.294 e. The van der Waals surface area contributed by atoms with Crippen molar-refractivity contribution in [2.75, 3.05) is 0 Å². The summed E-state index contributed by atoms with van der Waals surface area (Å²) < 4.78 is 0. The predicted molar refractivity (Wildman–Crippen MR) is 66.2 cm³/mol. The number of hydrogen-bond acceptors (Lipinski definition) is 2. The van der Waals surface area contributed by atoms with E-state index in [0.29, 0.717) is 11.1 Å². The quantitative estimate of drug-likeness (QED) is 0.564. The molecule has 0 aliphatic carbocycles. The first-order valence-electron chi connectivity index (χ1n) is 5.44. The van der Waals surface area contributed by atoms with Gasteiger partial charge in [-0.2, -0.15) is 0 Å². The van der Waals surface area contributed by atoms with Gasteiger partial charge in [0.15, 0.2) is 11.6 Å². The fourth-order valence-electron chi connectivity index (χ4n) is 1.60. The molecule has 0 aliphatic rings. The number of carbonyl (C=O) groups is 2. The van der Waals surface area contributed by atoms with Crippen molar-refractivity contribution >= 4 is 11.6 Å². The Kier molecular flexibility index (Phi) is 5.67. The minimum absolute atomic E-state index is 0. The van der Waals surface area contributed by atoms with E-state index in [2.05, 4.69) is 0 Å². The molecule has 0 aliphatic heterocycles. The maximum atomic E-state index is 11.8. The van der Waals surface area contributed by atoms with E-state index in [-0.39, 0.29) is 39.1 Å². The summed E-state index contributed by atoms with van der Waals surface area (Å²) in [6.45, 7) is 0. The Labute approximate surface area is 120 Å². The second kappa shape index (κ2) is 7.03. The third-order valence-electron chi connectivity index (χ3n) is 2.51. The Morgan fingerprint density at radius 2 is 1.00 bits per heavy atom. The molecule has 94 valence electrons. The van der Waals surface area contributed by atoms with Crippen LogP contribution in [0.3, 0.4) is 0 Å². The van der Waals surface area contributed by atoms with Gasteiger partial charge in [0.05, 0.1) is 6.42 Å². The van der Waals surface area contributed by atoms with Crippen LogP contribution >= 0.6 is 0 Å². The zero-order valence-corrected chi connectivity index (χ0v) is 11.9. The first-order chi connectivity index (χ1) is 8.27. The minimum atomic E-state index is -0.139. The first-order valence-corrected chi connectivity index (χ1v) is 5.44. The Hall–Kier alpha value is -1.53. The normalized spacial score (nSPS) is 9.33. The Bertz CT molecular complexity index is 471. The predicted octanol–water partition coefficient (Wildman–Crippen LogP) is 3.14. The third kappa shape index (κ3) is 3.75. The molecule has 0 saturated carbocycles. The van der Waals surface area contributed by atoms with Crippen molar-refractivity contribution in [2.45, 2.75) is 6.42 Å². The van der Waals surface area contributed by atoms with Gasteiger partial charge in [0.2, 0.25) is 0 Å². The van der Waals surface area contributed by atoms with Gasteiger partial charge in [-0.05, 0) is 0 Å². The molecule has 0 N–H and O–H groups in total. The van der Waals surface area contributed by atoms with Gasteiger partial charge in [-0.3, -0.25) is 9.59 Å². The van der Waals surface area contributed by atoms with Gasteiger partial charge >= 0.3 is 0 Å². The number of carbonyl (C=O) groups excluding carboxylic acids is 2. The Morgan fingerprint density at radius 1 is 0.667 bits per heavy atom. The molecule has 18 heavy (non-hydrogen) atoms. The van der Waals surface area contributed by atoms with Gasteiger partial charge in [-0.1, -0.05) is 60.7 Å². The molecule has 0 heterocycles. The SMILES string of the molecule is O=C(CC(=O)c1ccccc1)c1ccccc1.[Pt]. The van der Waals surface area contributed by atoms with E-state index in [4.69, 9.17) is 0 Å². The molecule has 0 amide bonds. The van der Waals surface area contributed by atoms with Gasteiger partial charge in [0.25, 0.3) is 0 Å². The van der Waals surface area contributed by atoms with Crippen LogP contribution in [0, 0.1) is 0 Å². The average Bonchev–Trinajstić information content (AvgIpc) is 2.40. The Morgan fingerprint density at radius 3 is 1.33 bits per heavy atom. The van der Waals surface area contributed by atoms with Crippen molar-refractivity contribution in [2.24, 2.45) is 0 Å². The number of ketones is 2. The van der Waals surface area contributed by atoms with Gasteiger partial charge in [-0.25, -0.2) is 0 Å². The number of hydrogen-bond donors (Lipinski definition) is 0. The topological polar surface area (TPSA) is 34.1 Å². The van der Waals surface area contributed by atoms with E-state index >= 15 is 0 Å². The standard InChI is InChI=1S/C15H12O2.Pt/c16-14(12-7-3-1-4-8-12)11-15(17)13-9-5-2-6-10-13;/h1-10H,11H2;. The van der Waals surface area contributed by atoms with Crippen LogP contribution in [-0.2, 0) is 21.1 Å². The summed E-state index contributed by atoms with van der Waals surface area (Å²) in [4.78, 5) is 23.6. The van der Waals surface area contributed by atoms with Crippen LogP contribution in [0.2, 0.25) is 0 Å². The summed E-state index contributed by atoms with van der Waals surface area (Å²) in [5, 5.41) is 0. The van der Waals surface area contributed by atoms with Crippen molar-refractivity contribution in [1.82, 2.24) is 0 Å². The molecule has 3 heteroatoms. The Balaban J connectivity index is 0.00000162. The van der Waals surface area contributed by atoms with E-state index in [1.807, 2.05) is 12.1 Å². The fourth-order valence-corrected chi connectivity index (χ4v) is 1.60. The summed E-state index contributed by atoms with van der Waals surface area (Å²) in [5.41, 5.74) is 1.16. The van der Waals surface area contributed by atoms with E-state index < -0.39 is 0 Å². The van der Waals surface area contributed by atoms with Crippen LogP contribution in [0.5, 0.6) is 0 Å². The molecule has 2 nitrogen and oxygen atoms in total. The molecule has 0 bridgehead atoms. The van der Waals surface area contributed by atoms with Crippen LogP contribution in [0.15, 0.2) is 60.7 Å². The molecule has 0 aromatic heterocycles. The third-order valence-corrected chi connectivity index (χ3v) is 2.51. The van der Waals surface area contributed by atoms with Crippen LogP contribution in [0.4, 0.5) is 0 Å². The molecule has 2 rings (SSSR count). The smallest absolute Gasteiger partial charge is 0.170 e. The van der Waals surface area contributed by atoms with Gasteiger partial charge in [0, 0.05) is 32.2 Å². The maximum Gasteiger partial charge on any atom is 0.170 e. The maximum absolute atomic E-state index is 11.8. The molecule has 2 aromatic rings. The summed E-state index contributed by atoms with van der Waals surface area (Å²) in [5.74, 6) is -0.279. The van der Waals surface area contributed by atoms with Crippen LogP contribution in [0.25, 0.3) is 0 Å². The number of benzene rings is 2. The average molecular weight is 419 g/mol. The zero-order valence-electron chi connectivity index (χ0n) is 9.61. The summed E-state index contributed by atoms with van der Waals surface area (Å²) in [6.07, 6.45) is -0.0754. The van der Waals surface area contributed by atoms with E-state index in [1.165, 1.54) is 0 Å². The van der Waals surface area contributed by atoms with E-state index in [0.717, 1.165) is 0 Å². The fraction of sp³-hybridized carbons (Fsp3) is 0.0667. The van der Waals surface area contributed by atoms with E-state index in [1.54, 1.807) is 48.5 Å². The molecule has 0 unspecified atom stereocenters. The van der Waals surface area contributed by atoms with Crippen molar-refractivity contribution < 1.29 is 30.7 Å². The summed E-state index contributed by atoms with van der Waals surface area (Å²) >= 11 is 0. The van der Waals surface area contributed by atoms with Crippen LogP contribution in [0.1, 0.15) is 27.1 Å². The first kappa shape index (κ1) is 14.5. The van der Waals surface area contributed by atoms with Gasteiger partial charge in [-0.15, -0.1) is 0 Å². The molecule has 0 radical (unpaired) electrons. The molecular weight excluding hydrogens is 407 g/mol. The summed E-state index contributed by atoms with van der Waals surface area (Å²) in [6, 6.07) is 17.7. The molecule has 2 aromatic carbocycles. The molecule has 0 spiro atoms. The van der Waals surface area contributed by atoms with Crippen LogP contribution < -0.4 is 0 Å². The van der Waals surface area contributed by atoms with Crippen LogP contribution in [-0.4, -0.2) is 11.6 Å². The van der Waals surface area contributed by atoms with Crippen molar-refractivity contribution in [3.05, 3.63) is 71.8 Å². The number of rotatable bonds is 4. The monoisotopic (exact) mass is 419 g/mol. The molecule has 0 atom stereocenters. The largest absolute Gasteiger partial charge is 0.294 e. The molecule has 0 saturated heterocycles. The van der Waals surface area contributed by atoms with E-state index in [9.17, 15) is 9.59 Å². The van der Waals surface area contributed by atoms with Crippen molar-refractivity contribution in [3.63, 3.8) is 0 Å². The summed E-state index contributed by atoms with van der Waals surface area (Å²) in [7, 11) is 0. The molecule has 0 fully saturated rings. The molecular formula is C15H12O2Pt. The second-order valence-electron chi connectivity index (χ2n) is 3.76. The van der Waals surface area contributed by atoms with Gasteiger partial charge < -0.3 is 0 Å². The van der Waals surface area contributed by atoms with Crippen molar-refractivity contribution in [3.8, 4) is 0 Å². The zero-order chi connectivity index (χ0) is 12.1. The van der Waals surface area contributed by atoms with Crippen molar-refractivity contribution in [1.29, 1.82) is 0 Å². The number of Topliss-reactive ketones (excluding diaryl/α,β-unsaturated/α-hetero) is 2. The second-order valence-corrected chi connectivity index (χ2v) is 3.76. The van der Waals surface area contributed by atoms with Gasteiger partial charge in [0.1, 0.15) is 0 Å².